The van der Waals surface area contributed by atoms with Crippen molar-refractivity contribution in [3.8, 4) is 11.5 Å². The van der Waals surface area contributed by atoms with Crippen LogP contribution in [0.1, 0.15) is 31.2 Å². The summed E-state index contributed by atoms with van der Waals surface area (Å²) in [7, 11) is 1.42. The van der Waals surface area contributed by atoms with Crippen LogP contribution >= 0.6 is 0 Å². The topological polar surface area (TPSA) is 55.5 Å². The van der Waals surface area contributed by atoms with E-state index in [0.29, 0.717) is 6.54 Å². The van der Waals surface area contributed by atoms with Gasteiger partial charge in [0.25, 0.3) is 0 Å². The second-order valence-corrected chi connectivity index (χ2v) is 4.67. The van der Waals surface area contributed by atoms with Gasteiger partial charge >= 0.3 is 0 Å². The molecule has 4 heteroatoms. The maximum atomic E-state index is 13.8. The van der Waals surface area contributed by atoms with E-state index in [0.717, 1.165) is 31.2 Å². The van der Waals surface area contributed by atoms with Crippen molar-refractivity contribution in [2.75, 3.05) is 13.7 Å². The number of nitrogens with two attached hydrogens (primary N) is 1. The first-order valence-corrected chi connectivity index (χ1v) is 5.90. The molecule has 2 rings (SSSR count). The van der Waals surface area contributed by atoms with Crippen LogP contribution < -0.4 is 10.5 Å². The van der Waals surface area contributed by atoms with Gasteiger partial charge in [0.1, 0.15) is 0 Å². The third-order valence-electron chi connectivity index (χ3n) is 3.80. The van der Waals surface area contributed by atoms with E-state index in [1.54, 1.807) is 6.07 Å². The average molecular weight is 239 g/mol. The lowest BCUT2D eigenvalue weighted by molar-refractivity contribution is 0.341. The van der Waals surface area contributed by atoms with Crippen LogP contribution in [-0.2, 0) is 5.41 Å². The van der Waals surface area contributed by atoms with Gasteiger partial charge in [-0.3, -0.25) is 0 Å². The van der Waals surface area contributed by atoms with Crippen molar-refractivity contribution in [1.82, 2.24) is 0 Å². The molecular formula is C13H18FNO2. The Morgan fingerprint density at radius 3 is 2.59 bits per heavy atom. The zero-order valence-corrected chi connectivity index (χ0v) is 10.0. The van der Waals surface area contributed by atoms with Crippen LogP contribution in [0.25, 0.3) is 0 Å². The zero-order chi connectivity index (χ0) is 12.5. The van der Waals surface area contributed by atoms with Gasteiger partial charge in [-0.1, -0.05) is 18.9 Å². The number of methoxy groups -OCH3 is 1. The number of phenolic OH excluding ortho intramolecular Hbond substituents is 1. The van der Waals surface area contributed by atoms with Crippen molar-refractivity contribution in [3.05, 3.63) is 23.5 Å². The van der Waals surface area contributed by atoms with E-state index in [1.807, 2.05) is 0 Å². The van der Waals surface area contributed by atoms with Crippen molar-refractivity contribution in [2.45, 2.75) is 31.1 Å². The molecule has 1 saturated carbocycles. The molecule has 17 heavy (non-hydrogen) atoms. The molecule has 0 aromatic heterocycles. The Morgan fingerprint density at radius 2 is 2.06 bits per heavy atom. The summed E-state index contributed by atoms with van der Waals surface area (Å²) in [6.45, 7) is 0.480. The summed E-state index contributed by atoms with van der Waals surface area (Å²) >= 11 is 0. The minimum absolute atomic E-state index is 0.136. The predicted octanol–water partition coefficient (Wildman–Crippen LogP) is 2.31. The molecule has 0 heterocycles. The van der Waals surface area contributed by atoms with E-state index in [4.69, 9.17) is 10.5 Å². The molecule has 1 aromatic carbocycles. The number of phenols is 1. The van der Waals surface area contributed by atoms with Crippen LogP contribution in [-0.4, -0.2) is 18.8 Å². The lowest BCUT2D eigenvalue weighted by atomic mass is 9.78. The van der Waals surface area contributed by atoms with Crippen LogP contribution in [0.3, 0.4) is 0 Å². The van der Waals surface area contributed by atoms with E-state index in [1.165, 1.54) is 13.2 Å². The Balaban J connectivity index is 2.54. The van der Waals surface area contributed by atoms with Gasteiger partial charge in [0.2, 0.25) is 5.82 Å². The molecule has 0 bridgehead atoms. The smallest absolute Gasteiger partial charge is 0.206 e. The quantitative estimate of drug-likeness (QED) is 0.851. The van der Waals surface area contributed by atoms with Crippen molar-refractivity contribution < 1.29 is 14.2 Å². The highest BCUT2D eigenvalue weighted by molar-refractivity contribution is 5.47. The third-order valence-corrected chi connectivity index (χ3v) is 3.80. The second kappa shape index (κ2) is 4.53. The monoisotopic (exact) mass is 239 g/mol. The fourth-order valence-corrected chi connectivity index (χ4v) is 2.80. The Bertz CT molecular complexity index is 414. The summed E-state index contributed by atoms with van der Waals surface area (Å²) in [4.78, 5) is 0. The van der Waals surface area contributed by atoms with E-state index >= 15 is 0 Å². The molecule has 0 radical (unpaired) electrons. The first-order chi connectivity index (χ1) is 8.14. The standard InChI is InChI=1S/C13H18FNO2/c1-17-12-9(4-5-10(16)11(12)14)13(8-15)6-2-3-7-13/h4-5,16H,2-3,6-8,15H2,1H3. The Kier molecular flexibility index (Phi) is 3.24. The normalized spacial score (nSPS) is 18.3. The SMILES string of the molecule is COc1c(C2(CN)CCCC2)ccc(O)c1F. The van der Waals surface area contributed by atoms with Crippen LogP contribution in [0.15, 0.2) is 12.1 Å². The molecule has 0 unspecified atom stereocenters. The van der Waals surface area contributed by atoms with E-state index in [9.17, 15) is 9.50 Å². The van der Waals surface area contributed by atoms with Gasteiger partial charge in [-0.15, -0.1) is 0 Å². The largest absolute Gasteiger partial charge is 0.505 e. The summed E-state index contributed by atoms with van der Waals surface area (Å²) in [5, 5.41) is 9.37. The summed E-state index contributed by atoms with van der Waals surface area (Å²) in [6, 6.07) is 3.11. The van der Waals surface area contributed by atoms with Gasteiger partial charge in [-0.25, -0.2) is 0 Å². The number of benzene rings is 1. The van der Waals surface area contributed by atoms with E-state index in [-0.39, 0.29) is 16.9 Å². The fourth-order valence-electron chi connectivity index (χ4n) is 2.80. The van der Waals surface area contributed by atoms with Crippen LogP contribution in [0.4, 0.5) is 4.39 Å². The highest BCUT2D eigenvalue weighted by Crippen LogP contribution is 2.46. The zero-order valence-electron chi connectivity index (χ0n) is 10.0. The number of hydrogen-bond acceptors (Lipinski definition) is 3. The molecule has 0 amide bonds. The Hall–Kier alpha value is -1.29. The lowest BCUT2D eigenvalue weighted by Crippen LogP contribution is -2.32. The highest BCUT2D eigenvalue weighted by Gasteiger charge is 2.37. The highest BCUT2D eigenvalue weighted by atomic mass is 19.1. The fraction of sp³-hybridized carbons (Fsp3) is 0.538. The summed E-state index contributed by atoms with van der Waals surface area (Å²) in [5.41, 5.74) is 6.46. The number of aromatic hydroxyl groups is 1. The minimum Gasteiger partial charge on any atom is -0.505 e. The summed E-state index contributed by atoms with van der Waals surface area (Å²) in [6.07, 6.45) is 4.10. The molecule has 3 nitrogen and oxygen atoms in total. The van der Waals surface area contributed by atoms with Crippen molar-refractivity contribution in [2.24, 2.45) is 5.73 Å². The number of halogens is 1. The van der Waals surface area contributed by atoms with E-state index < -0.39 is 5.82 Å². The van der Waals surface area contributed by atoms with Gasteiger partial charge < -0.3 is 15.6 Å². The van der Waals surface area contributed by atoms with Gasteiger partial charge in [0.15, 0.2) is 11.5 Å². The van der Waals surface area contributed by atoms with Crippen LogP contribution in [0, 0.1) is 5.82 Å². The first-order valence-electron chi connectivity index (χ1n) is 5.90. The molecule has 0 aliphatic heterocycles. The first kappa shape index (κ1) is 12.2. The molecule has 94 valence electrons. The molecule has 0 spiro atoms. The minimum atomic E-state index is -0.690. The molecule has 1 aliphatic rings. The van der Waals surface area contributed by atoms with Gasteiger partial charge in [-0.05, 0) is 18.9 Å². The van der Waals surface area contributed by atoms with Crippen molar-refractivity contribution in [1.29, 1.82) is 0 Å². The molecule has 3 N–H and O–H groups in total. The molecular weight excluding hydrogens is 221 g/mol. The predicted molar refractivity (Wildman–Crippen MR) is 63.8 cm³/mol. The van der Waals surface area contributed by atoms with Gasteiger partial charge in [-0.2, -0.15) is 4.39 Å². The molecule has 1 aromatic rings. The van der Waals surface area contributed by atoms with Crippen LogP contribution in [0.2, 0.25) is 0 Å². The Morgan fingerprint density at radius 1 is 1.41 bits per heavy atom. The van der Waals surface area contributed by atoms with Gasteiger partial charge in [0.05, 0.1) is 7.11 Å². The van der Waals surface area contributed by atoms with Gasteiger partial charge in [0, 0.05) is 17.5 Å². The number of hydrogen-bond donors (Lipinski definition) is 2. The summed E-state index contributed by atoms with van der Waals surface area (Å²) in [5.74, 6) is -0.933. The average Bonchev–Trinajstić information content (AvgIpc) is 2.82. The number of rotatable bonds is 3. The maximum absolute atomic E-state index is 13.8. The molecule has 0 saturated heterocycles. The number of ether oxygens (including phenoxy) is 1. The molecule has 1 fully saturated rings. The third kappa shape index (κ3) is 1.86. The van der Waals surface area contributed by atoms with E-state index in [2.05, 4.69) is 0 Å². The molecule has 0 atom stereocenters. The van der Waals surface area contributed by atoms with Crippen LogP contribution in [0.5, 0.6) is 11.5 Å². The molecule has 1 aliphatic carbocycles. The summed E-state index contributed by atoms with van der Waals surface area (Å²) < 4.78 is 18.9. The second-order valence-electron chi connectivity index (χ2n) is 4.67. The van der Waals surface area contributed by atoms with Crippen molar-refractivity contribution >= 4 is 0 Å². The van der Waals surface area contributed by atoms with Crippen molar-refractivity contribution in [3.63, 3.8) is 0 Å². The Labute approximate surface area is 100 Å². The lowest BCUT2D eigenvalue weighted by Gasteiger charge is -2.29. The maximum Gasteiger partial charge on any atom is 0.206 e.